The minimum Gasteiger partial charge on any atom is -0.497 e. The molecule has 1 aromatic rings. The summed E-state index contributed by atoms with van der Waals surface area (Å²) in [6.45, 7) is 2.91. The highest BCUT2D eigenvalue weighted by molar-refractivity contribution is 14.1. The molecule has 0 fully saturated rings. The molecule has 0 spiro atoms. The molecule has 0 amide bonds. The Morgan fingerprint density at radius 3 is 2.60 bits per heavy atom. The van der Waals surface area contributed by atoms with Crippen molar-refractivity contribution in [2.45, 2.75) is 17.5 Å². The van der Waals surface area contributed by atoms with Crippen LogP contribution in [0.2, 0.25) is 0 Å². The average Bonchev–Trinajstić information content (AvgIpc) is 2.25. The highest BCUT2D eigenvalue weighted by atomic mass is 127. The minimum absolute atomic E-state index is 0.439. The van der Waals surface area contributed by atoms with E-state index in [1.807, 2.05) is 18.2 Å². The summed E-state index contributed by atoms with van der Waals surface area (Å²) in [5, 5.41) is 3.34. The van der Waals surface area contributed by atoms with E-state index in [-0.39, 0.29) is 0 Å². The fourth-order valence-corrected chi connectivity index (χ4v) is 1.47. The van der Waals surface area contributed by atoms with Crippen molar-refractivity contribution in [3.05, 3.63) is 23.8 Å². The van der Waals surface area contributed by atoms with Crippen LogP contribution in [0.25, 0.3) is 0 Å². The predicted octanol–water partition coefficient (Wildman–Crippen LogP) is 2.57. The van der Waals surface area contributed by atoms with Gasteiger partial charge in [0.2, 0.25) is 0 Å². The van der Waals surface area contributed by atoms with E-state index in [4.69, 9.17) is 9.47 Å². The summed E-state index contributed by atoms with van der Waals surface area (Å²) in [6, 6.07) is 5.86. The molecular formula is C11H16INO2. The number of methoxy groups -OCH3 is 2. The van der Waals surface area contributed by atoms with Gasteiger partial charge in [-0.1, -0.05) is 28.7 Å². The third-order valence-corrected chi connectivity index (χ3v) is 2.51. The molecule has 1 atom stereocenters. The molecule has 3 nitrogen and oxygen atoms in total. The molecule has 1 aromatic carbocycles. The Labute approximate surface area is 104 Å². The fraction of sp³-hybridized carbons (Fsp3) is 0.455. The van der Waals surface area contributed by atoms with Crippen molar-refractivity contribution in [2.24, 2.45) is 0 Å². The van der Waals surface area contributed by atoms with E-state index in [0.717, 1.165) is 23.6 Å². The van der Waals surface area contributed by atoms with E-state index in [0.29, 0.717) is 4.05 Å². The summed E-state index contributed by atoms with van der Waals surface area (Å²) in [4.78, 5) is 0. The molecule has 0 radical (unpaired) electrons. The number of nitrogens with one attached hydrogen (secondary N) is 1. The summed E-state index contributed by atoms with van der Waals surface area (Å²) < 4.78 is 10.9. The maximum Gasteiger partial charge on any atom is 0.127 e. The molecule has 0 heterocycles. The first-order valence-corrected chi connectivity index (χ1v) is 6.00. The zero-order chi connectivity index (χ0) is 11.3. The number of hydrogen-bond acceptors (Lipinski definition) is 3. The van der Waals surface area contributed by atoms with Crippen molar-refractivity contribution < 1.29 is 9.47 Å². The van der Waals surface area contributed by atoms with Gasteiger partial charge < -0.3 is 14.8 Å². The highest BCUT2D eigenvalue weighted by Crippen LogP contribution is 2.24. The van der Waals surface area contributed by atoms with Crippen LogP contribution in [0.4, 0.5) is 0 Å². The van der Waals surface area contributed by atoms with Gasteiger partial charge in [-0.2, -0.15) is 0 Å². The molecule has 0 saturated carbocycles. The van der Waals surface area contributed by atoms with Crippen LogP contribution < -0.4 is 14.8 Å². The topological polar surface area (TPSA) is 30.5 Å². The molecule has 1 rings (SSSR count). The van der Waals surface area contributed by atoms with E-state index >= 15 is 0 Å². The lowest BCUT2D eigenvalue weighted by atomic mass is 10.2. The van der Waals surface area contributed by atoms with Gasteiger partial charge in [-0.3, -0.25) is 0 Å². The van der Waals surface area contributed by atoms with Gasteiger partial charge in [0, 0.05) is 18.2 Å². The number of benzene rings is 1. The van der Waals surface area contributed by atoms with Gasteiger partial charge >= 0.3 is 0 Å². The standard InChI is InChI=1S/C11H16INO2/c1-8(12)13-7-9-4-5-10(14-2)6-11(9)15-3/h4-6,8,13H,7H2,1-3H3/t8-/m0/s1. The Morgan fingerprint density at radius 1 is 1.33 bits per heavy atom. The van der Waals surface area contributed by atoms with E-state index in [1.54, 1.807) is 14.2 Å². The van der Waals surface area contributed by atoms with Gasteiger partial charge in [0.15, 0.2) is 0 Å². The Hall–Kier alpha value is -0.490. The van der Waals surface area contributed by atoms with Crippen molar-refractivity contribution in [1.82, 2.24) is 5.32 Å². The molecule has 0 aliphatic rings. The smallest absolute Gasteiger partial charge is 0.127 e. The molecule has 0 aromatic heterocycles. The maximum absolute atomic E-state index is 5.30. The Bertz CT molecular complexity index is 315. The molecule has 4 heteroatoms. The molecule has 0 aliphatic heterocycles. The molecule has 0 unspecified atom stereocenters. The van der Waals surface area contributed by atoms with Crippen LogP contribution in [0.5, 0.6) is 11.5 Å². The fourth-order valence-electron chi connectivity index (χ4n) is 1.25. The summed E-state index contributed by atoms with van der Waals surface area (Å²) in [7, 11) is 3.32. The van der Waals surface area contributed by atoms with Crippen molar-refractivity contribution in [3.63, 3.8) is 0 Å². The molecule has 0 bridgehead atoms. The first-order valence-electron chi connectivity index (χ1n) is 4.75. The number of halogens is 1. The van der Waals surface area contributed by atoms with Gasteiger partial charge in [-0.25, -0.2) is 0 Å². The van der Waals surface area contributed by atoms with E-state index < -0.39 is 0 Å². The summed E-state index contributed by atoms with van der Waals surface area (Å²) >= 11 is 2.33. The van der Waals surface area contributed by atoms with Crippen LogP contribution in [0.3, 0.4) is 0 Å². The highest BCUT2D eigenvalue weighted by Gasteiger charge is 2.05. The molecule has 84 valence electrons. The van der Waals surface area contributed by atoms with Gasteiger partial charge in [0.25, 0.3) is 0 Å². The molecule has 0 aliphatic carbocycles. The van der Waals surface area contributed by atoms with Crippen molar-refractivity contribution in [2.75, 3.05) is 14.2 Å². The zero-order valence-corrected chi connectivity index (χ0v) is 11.4. The van der Waals surface area contributed by atoms with Gasteiger partial charge in [0.1, 0.15) is 11.5 Å². The third kappa shape index (κ3) is 3.87. The first kappa shape index (κ1) is 12.6. The van der Waals surface area contributed by atoms with Crippen molar-refractivity contribution in [3.8, 4) is 11.5 Å². The SMILES string of the molecule is COc1ccc(CN[C@@H](C)I)c(OC)c1. The van der Waals surface area contributed by atoms with Gasteiger partial charge in [0.05, 0.1) is 18.3 Å². The van der Waals surface area contributed by atoms with Gasteiger partial charge in [-0.15, -0.1) is 0 Å². The Kier molecular flexibility index (Phi) is 5.17. The van der Waals surface area contributed by atoms with E-state index in [9.17, 15) is 0 Å². The third-order valence-electron chi connectivity index (χ3n) is 2.07. The van der Waals surface area contributed by atoms with Crippen LogP contribution >= 0.6 is 22.6 Å². The second-order valence-electron chi connectivity index (χ2n) is 3.17. The van der Waals surface area contributed by atoms with Crippen LogP contribution in [-0.2, 0) is 6.54 Å². The number of rotatable bonds is 5. The second-order valence-corrected chi connectivity index (χ2v) is 5.04. The normalized spacial score (nSPS) is 12.3. The Morgan fingerprint density at radius 2 is 2.07 bits per heavy atom. The van der Waals surface area contributed by atoms with Crippen LogP contribution in [0.1, 0.15) is 12.5 Å². The quantitative estimate of drug-likeness (QED) is 0.514. The lowest BCUT2D eigenvalue weighted by Crippen LogP contribution is -2.19. The number of alkyl halides is 1. The molecular weight excluding hydrogens is 305 g/mol. The maximum atomic E-state index is 5.30. The first-order chi connectivity index (χ1) is 7.17. The van der Waals surface area contributed by atoms with Crippen molar-refractivity contribution in [1.29, 1.82) is 0 Å². The molecule has 15 heavy (non-hydrogen) atoms. The Balaban J connectivity index is 2.78. The number of hydrogen-bond donors (Lipinski definition) is 1. The minimum atomic E-state index is 0.439. The van der Waals surface area contributed by atoms with Crippen LogP contribution in [0.15, 0.2) is 18.2 Å². The zero-order valence-electron chi connectivity index (χ0n) is 9.21. The van der Waals surface area contributed by atoms with E-state index in [2.05, 4.69) is 34.8 Å². The lowest BCUT2D eigenvalue weighted by Gasteiger charge is -2.12. The largest absolute Gasteiger partial charge is 0.497 e. The lowest BCUT2D eigenvalue weighted by molar-refractivity contribution is 0.390. The summed E-state index contributed by atoms with van der Waals surface area (Å²) in [5.74, 6) is 1.68. The van der Waals surface area contributed by atoms with Crippen molar-refractivity contribution >= 4 is 22.6 Å². The summed E-state index contributed by atoms with van der Waals surface area (Å²) in [5.41, 5.74) is 1.14. The van der Waals surface area contributed by atoms with Crippen LogP contribution in [0, 0.1) is 0 Å². The van der Waals surface area contributed by atoms with E-state index in [1.165, 1.54) is 0 Å². The second kappa shape index (κ2) is 6.17. The molecule has 0 saturated heterocycles. The van der Waals surface area contributed by atoms with Crippen LogP contribution in [-0.4, -0.2) is 18.3 Å². The predicted molar refractivity (Wildman–Crippen MR) is 69.9 cm³/mol. The monoisotopic (exact) mass is 321 g/mol. The average molecular weight is 321 g/mol. The number of ether oxygens (including phenoxy) is 2. The summed E-state index contributed by atoms with van der Waals surface area (Å²) in [6.07, 6.45) is 0. The van der Waals surface area contributed by atoms with Gasteiger partial charge in [-0.05, 0) is 13.0 Å². The molecule has 1 N–H and O–H groups in total.